The van der Waals surface area contributed by atoms with E-state index in [1.165, 1.54) is 15.9 Å². The number of hydrogen-bond donors (Lipinski definition) is 0. The molecular formula is C19H21F3N4O3. The Morgan fingerprint density at radius 1 is 1.34 bits per heavy atom. The van der Waals surface area contributed by atoms with Gasteiger partial charge in [-0.25, -0.2) is 4.63 Å². The number of piperidine rings is 1. The average Bonchev–Trinajstić information content (AvgIpc) is 3.07. The minimum absolute atomic E-state index is 0.0303. The van der Waals surface area contributed by atoms with Crippen molar-refractivity contribution in [3.05, 3.63) is 46.8 Å². The molecule has 0 spiro atoms. The molecule has 1 unspecified atom stereocenters. The molecule has 2 aromatic rings. The van der Waals surface area contributed by atoms with Gasteiger partial charge in [0.25, 0.3) is 0 Å². The second-order valence-corrected chi connectivity index (χ2v) is 7.20. The molecule has 7 nitrogen and oxygen atoms in total. The Hall–Kier alpha value is -2.91. The number of aromatic nitrogens is 2. The van der Waals surface area contributed by atoms with Gasteiger partial charge in [-0.3, -0.25) is 9.59 Å². The van der Waals surface area contributed by atoms with Crippen LogP contribution in [0.4, 0.5) is 13.2 Å². The smallest absolute Gasteiger partial charge is 0.339 e. The number of amides is 2. The molecule has 3 rings (SSSR count). The third-order valence-electron chi connectivity index (χ3n) is 4.99. The van der Waals surface area contributed by atoms with Crippen LogP contribution in [0.25, 0.3) is 0 Å². The van der Waals surface area contributed by atoms with E-state index in [0.29, 0.717) is 23.4 Å². The van der Waals surface area contributed by atoms with Crippen LogP contribution in [-0.2, 0) is 28.9 Å². The zero-order valence-electron chi connectivity index (χ0n) is 16.1. The molecule has 1 saturated heterocycles. The molecular weight excluding hydrogens is 389 g/mol. The summed E-state index contributed by atoms with van der Waals surface area (Å²) in [6.45, 7) is 2.14. The number of nitrogens with zero attached hydrogens (tertiary/aromatic N) is 4. The zero-order valence-corrected chi connectivity index (χ0v) is 16.1. The van der Waals surface area contributed by atoms with Gasteiger partial charge in [0.15, 0.2) is 0 Å². The minimum Gasteiger partial charge on any atom is -0.339 e. The van der Waals surface area contributed by atoms with Crippen LogP contribution in [0.5, 0.6) is 0 Å². The van der Waals surface area contributed by atoms with Crippen LogP contribution in [0.2, 0.25) is 0 Å². The number of carbonyl (C=O) groups excluding carboxylic acids is 2. The third kappa shape index (κ3) is 4.93. The molecule has 10 heteroatoms. The lowest BCUT2D eigenvalue weighted by atomic mass is 9.95. The Morgan fingerprint density at radius 2 is 2.10 bits per heavy atom. The number of rotatable bonds is 5. The van der Waals surface area contributed by atoms with Crippen LogP contribution in [-0.4, -0.2) is 45.5 Å². The Balaban J connectivity index is 1.66. The van der Waals surface area contributed by atoms with E-state index in [0.717, 1.165) is 12.1 Å². The van der Waals surface area contributed by atoms with E-state index in [1.54, 1.807) is 20.0 Å². The number of alkyl halides is 3. The van der Waals surface area contributed by atoms with Gasteiger partial charge in [-0.15, -0.1) is 0 Å². The Kier molecular flexibility index (Phi) is 5.90. The summed E-state index contributed by atoms with van der Waals surface area (Å²) in [5.41, 5.74) is 0.755. The van der Waals surface area contributed by atoms with Gasteiger partial charge in [0.2, 0.25) is 11.8 Å². The molecule has 1 aliphatic rings. The van der Waals surface area contributed by atoms with Gasteiger partial charge in [0.1, 0.15) is 11.4 Å². The summed E-state index contributed by atoms with van der Waals surface area (Å²) in [7, 11) is 1.63. The molecule has 0 saturated carbocycles. The molecule has 2 heterocycles. The average molecular weight is 410 g/mol. The van der Waals surface area contributed by atoms with Crippen molar-refractivity contribution in [1.82, 2.24) is 20.1 Å². The molecule has 1 atom stereocenters. The molecule has 0 N–H and O–H groups in total. The Morgan fingerprint density at radius 3 is 2.76 bits per heavy atom. The third-order valence-corrected chi connectivity index (χ3v) is 4.99. The lowest BCUT2D eigenvalue weighted by Gasteiger charge is -2.34. The molecule has 1 aromatic heterocycles. The lowest BCUT2D eigenvalue weighted by Crippen LogP contribution is -2.45. The highest BCUT2D eigenvalue weighted by Gasteiger charge is 2.33. The molecule has 1 fully saturated rings. The quantitative estimate of drug-likeness (QED) is 0.757. The van der Waals surface area contributed by atoms with E-state index in [-0.39, 0.29) is 37.9 Å². The summed E-state index contributed by atoms with van der Waals surface area (Å²) < 4.78 is 43.4. The molecule has 29 heavy (non-hydrogen) atoms. The van der Waals surface area contributed by atoms with Crippen LogP contribution < -0.4 is 0 Å². The number of halogens is 3. The van der Waals surface area contributed by atoms with E-state index in [4.69, 9.17) is 0 Å². The Bertz CT molecular complexity index is 897. The number of aryl methyl sites for hydroxylation is 1. The standard InChI is InChI=1S/C19H21F3N4O3/c1-12-16(24-29-23-12)11-25(2)18(28)14-6-7-17(27)26(10-14)9-13-4-3-5-15(8-13)19(20,21)22/h3-5,8,14H,6-7,9-11H2,1-2H3. The van der Waals surface area contributed by atoms with Crippen LogP contribution in [0.3, 0.4) is 0 Å². The van der Waals surface area contributed by atoms with E-state index in [1.807, 2.05) is 0 Å². The number of likely N-dealkylation sites (tertiary alicyclic amines) is 1. The van der Waals surface area contributed by atoms with Crippen molar-refractivity contribution < 1.29 is 27.4 Å². The fourth-order valence-corrected chi connectivity index (χ4v) is 3.34. The van der Waals surface area contributed by atoms with E-state index in [2.05, 4.69) is 14.9 Å². The first-order valence-corrected chi connectivity index (χ1v) is 9.12. The summed E-state index contributed by atoms with van der Waals surface area (Å²) in [5.74, 6) is -0.761. The predicted molar refractivity (Wildman–Crippen MR) is 95.1 cm³/mol. The first-order valence-electron chi connectivity index (χ1n) is 9.12. The first-order chi connectivity index (χ1) is 13.6. The van der Waals surface area contributed by atoms with Gasteiger partial charge in [-0.1, -0.05) is 22.4 Å². The molecule has 0 bridgehead atoms. The maximum Gasteiger partial charge on any atom is 0.416 e. The second-order valence-electron chi connectivity index (χ2n) is 7.20. The Labute approximate surface area is 165 Å². The molecule has 1 aromatic carbocycles. The van der Waals surface area contributed by atoms with Crippen molar-refractivity contribution in [1.29, 1.82) is 0 Å². The van der Waals surface area contributed by atoms with Crippen LogP contribution in [0.15, 0.2) is 28.9 Å². The van der Waals surface area contributed by atoms with Crippen LogP contribution in [0, 0.1) is 12.8 Å². The summed E-state index contributed by atoms with van der Waals surface area (Å²) in [5, 5.41) is 7.44. The van der Waals surface area contributed by atoms with E-state index >= 15 is 0 Å². The van der Waals surface area contributed by atoms with Crippen molar-refractivity contribution in [2.45, 2.75) is 39.0 Å². The summed E-state index contributed by atoms with van der Waals surface area (Å²) in [4.78, 5) is 28.0. The molecule has 1 aliphatic heterocycles. The van der Waals surface area contributed by atoms with Gasteiger partial charge in [0.05, 0.1) is 18.0 Å². The predicted octanol–water partition coefficient (Wildman–Crippen LogP) is 2.79. The highest BCUT2D eigenvalue weighted by atomic mass is 19.4. The highest BCUT2D eigenvalue weighted by Crippen LogP contribution is 2.30. The lowest BCUT2D eigenvalue weighted by molar-refractivity contribution is -0.143. The van der Waals surface area contributed by atoms with Crippen molar-refractivity contribution in [3.8, 4) is 0 Å². The van der Waals surface area contributed by atoms with Crippen molar-refractivity contribution in [3.63, 3.8) is 0 Å². The van der Waals surface area contributed by atoms with Gasteiger partial charge < -0.3 is 9.80 Å². The minimum atomic E-state index is -4.45. The van der Waals surface area contributed by atoms with E-state index in [9.17, 15) is 22.8 Å². The molecule has 2 amide bonds. The summed E-state index contributed by atoms with van der Waals surface area (Å²) in [6, 6.07) is 4.88. The summed E-state index contributed by atoms with van der Waals surface area (Å²) in [6.07, 6.45) is -3.87. The fourth-order valence-electron chi connectivity index (χ4n) is 3.34. The van der Waals surface area contributed by atoms with Gasteiger partial charge in [0, 0.05) is 26.6 Å². The second kappa shape index (κ2) is 8.22. The SMILES string of the molecule is Cc1nonc1CN(C)C(=O)C1CCC(=O)N(Cc2cccc(C(F)(F)F)c2)C1. The highest BCUT2D eigenvalue weighted by molar-refractivity contribution is 5.83. The van der Waals surface area contributed by atoms with E-state index < -0.39 is 17.7 Å². The van der Waals surface area contributed by atoms with Crippen LogP contribution in [0.1, 0.15) is 35.4 Å². The van der Waals surface area contributed by atoms with Gasteiger partial charge in [-0.05, 0) is 31.0 Å². The number of benzene rings is 1. The summed E-state index contributed by atoms with van der Waals surface area (Å²) >= 11 is 0. The molecule has 0 radical (unpaired) electrons. The van der Waals surface area contributed by atoms with Gasteiger partial charge >= 0.3 is 6.18 Å². The fraction of sp³-hybridized carbons (Fsp3) is 0.474. The monoisotopic (exact) mass is 410 g/mol. The molecule has 156 valence electrons. The maximum atomic E-state index is 12.9. The normalized spacial score (nSPS) is 17.5. The van der Waals surface area contributed by atoms with Crippen LogP contribution >= 0.6 is 0 Å². The van der Waals surface area contributed by atoms with Crippen molar-refractivity contribution in [2.75, 3.05) is 13.6 Å². The topological polar surface area (TPSA) is 79.5 Å². The number of carbonyl (C=O) groups is 2. The maximum absolute atomic E-state index is 12.9. The van der Waals surface area contributed by atoms with Crippen molar-refractivity contribution in [2.24, 2.45) is 5.92 Å². The number of hydrogen-bond acceptors (Lipinski definition) is 5. The van der Waals surface area contributed by atoms with Crippen molar-refractivity contribution >= 4 is 11.8 Å². The van der Waals surface area contributed by atoms with Gasteiger partial charge in [-0.2, -0.15) is 13.2 Å². The zero-order chi connectivity index (χ0) is 21.2. The first kappa shape index (κ1) is 20.8. The largest absolute Gasteiger partial charge is 0.416 e. The molecule has 0 aliphatic carbocycles.